The van der Waals surface area contributed by atoms with Crippen LogP contribution in [-0.2, 0) is 6.42 Å². The van der Waals surface area contributed by atoms with Crippen molar-refractivity contribution in [3.8, 4) is 5.75 Å². The maximum atomic E-state index is 9.36. The molecule has 0 saturated heterocycles. The summed E-state index contributed by atoms with van der Waals surface area (Å²) in [4.78, 5) is 0. The van der Waals surface area contributed by atoms with E-state index in [0.717, 1.165) is 19.5 Å². The molecule has 0 spiro atoms. The zero-order valence-corrected chi connectivity index (χ0v) is 9.66. The fraction of sp³-hybridized carbons (Fsp3) is 0.538. The lowest BCUT2D eigenvalue weighted by Crippen LogP contribution is -2.23. The summed E-state index contributed by atoms with van der Waals surface area (Å²) in [5, 5.41) is 12.7. The Morgan fingerprint density at radius 1 is 1.33 bits per heavy atom. The van der Waals surface area contributed by atoms with Crippen molar-refractivity contribution < 1.29 is 5.11 Å². The highest BCUT2D eigenvalue weighted by Crippen LogP contribution is 2.16. The fourth-order valence-electron chi connectivity index (χ4n) is 1.73. The van der Waals surface area contributed by atoms with E-state index >= 15 is 0 Å². The number of hydrogen-bond acceptors (Lipinski definition) is 2. The number of nitrogens with one attached hydrogen (secondary N) is 1. The van der Waals surface area contributed by atoms with Crippen molar-refractivity contribution in [3.63, 3.8) is 0 Å². The van der Waals surface area contributed by atoms with Gasteiger partial charge in [-0.15, -0.1) is 0 Å². The molecular weight excluding hydrogens is 186 g/mol. The van der Waals surface area contributed by atoms with Crippen LogP contribution in [0.2, 0.25) is 0 Å². The van der Waals surface area contributed by atoms with Crippen molar-refractivity contribution in [2.75, 3.05) is 13.1 Å². The minimum absolute atomic E-state index is 0.366. The average Bonchev–Trinajstić information content (AvgIpc) is 2.24. The maximum absolute atomic E-state index is 9.36. The molecule has 0 aliphatic rings. The van der Waals surface area contributed by atoms with Gasteiger partial charge in [-0.3, -0.25) is 0 Å². The van der Waals surface area contributed by atoms with Gasteiger partial charge in [0.05, 0.1) is 0 Å². The van der Waals surface area contributed by atoms with Gasteiger partial charge in [-0.1, -0.05) is 32.4 Å². The molecule has 2 nitrogen and oxygen atoms in total. The summed E-state index contributed by atoms with van der Waals surface area (Å²) < 4.78 is 0. The molecule has 1 aromatic rings. The second-order valence-corrected chi connectivity index (χ2v) is 3.96. The standard InChI is InChI=1S/C13H21NO/c1-3-11(10-14-4-2)8-12-6-5-7-13(15)9-12/h5-7,9,11,14-15H,3-4,8,10H2,1-2H3. The molecule has 1 unspecified atom stereocenters. The molecule has 0 saturated carbocycles. The van der Waals surface area contributed by atoms with Gasteiger partial charge in [0.15, 0.2) is 0 Å². The fourth-order valence-corrected chi connectivity index (χ4v) is 1.73. The molecule has 0 heterocycles. The first-order valence-corrected chi connectivity index (χ1v) is 5.74. The predicted molar refractivity (Wildman–Crippen MR) is 64.1 cm³/mol. The monoisotopic (exact) mass is 207 g/mol. The van der Waals surface area contributed by atoms with E-state index < -0.39 is 0 Å². The summed E-state index contributed by atoms with van der Waals surface area (Å²) in [6, 6.07) is 7.56. The first kappa shape index (κ1) is 12.1. The molecule has 2 N–H and O–H groups in total. The Hall–Kier alpha value is -1.02. The molecule has 0 radical (unpaired) electrons. The molecule has 0 aliphatic carbocycles. The third-order valence-corrected chi connectivity index (χ3v) is 2.70. The molecule has 0 bridgehead atoms. The Balaban J connectivity index is 2.50. The maximum Gasteiger partial charge on any atom is 0.115 e. The van der Waals surface area contributed by atoms with E-state index in [2.05, 4.69) is 25.2 Å². The van der Waals surface area contributed by atoms with Crippen LogP contribution in [0.3, 0.4) is 0 Å². The normalized spacial score (nSPS) is 12.7. The highest BCUT2D eigenvalue weighted by Gasteiger charge is 2.06. The van der Waals surface area contributed by atoms with Crippen LogP contribution in [0.1, 0.15) is 25.8 Å². The third kappa shape index (κ3) is 4.34. The first-order valence-electron chi connectivity index (χ1n) is 5.74. The second kappa shape index (κ2) is 6.46. The summed E-state index contributed by atoms with van der Waals surface area (Å²) in [5.41, 5.74) is 1.22. The Bertz CT molecular complexity index is 286. The zero-order valence-electron chi connectivity index (χ0n) is 9.66. The quantitative estimate of drug-likeness (QED) is 0.751. The number of rotatable bonds is 6. The number of phenolic OH excluding ortho intramolecular Hbond substituents is 1. The van der Waals surface area contributed by atoms with Crippen molar-refractivity contribution >= 4 is 0 Å². The van der Waals surface area contributed by atoms with Crippen LogP contribution >= 0.6 is 0 Å². The third-order valence-electron chi connectivity index (χ3n) is 2.70. The highest BCUT2D eigenvalue weighted by atomic mass is 16.3. The zero-order chi connectivity index (χ0) is 11.1. The molecule has 2 heteroatoms. The summed E-state index contributed by atoms with van der Waals surface area (Å²) in [6.45, 7) is 6.42. The number of hydrogen-bond donors (Lipinski definition) is 2. The summed E-state index contributed by atoms with van der Waals surface area (Å²) in [7, 11) is 0. The van der Waals surface area contributed by atoms with Crippen LogP contribution in [0.4, 0.5) is 0 Å². The summed E-state index contributed by atoms with van der Waals surface area (Å²) >= 11 is 0. The molecule has 0 fully saturated rings. The largest absolute Gasteiger partial charge is 0.508 e. The molecule has 84 valence electrons. The minimum Gasteiger partial charge on any atom is -0.508 e. The van der Waals surface area contributed by atoms with Gasteiger partial charge in [-0.05, 0) is 43.1 Å². The minimum atomic E-state index is 0.366. The van der Waals surface area contributed by atoms with Crippen LogP contribution in [0.15, 0.2) is 24.3 Å². The van der Waals surface area contributed by atoms with E-state index in [4.69, 9.17) is 0 Å². The lowest BCUT2D eigenvalue weighted by atomic mass is 9.97. The van der Waals surface area contributed by atoms with Crippen molar-refractivity contribution in [2.24, 2.45) is 5.92 Å². The van der Waals surface area contributed by atoms with Crippen molar-refractivity contribution in [1.82, 2.24) is 5.32 Å². The van der Waals surface area contributed by atoms with Crippen LogP contribution in [0.5, 0.6) is 5.75 Å². The smallest absolute Gasteiger partial charge is 0.115 e. The average molecular weight is 207 g/mol. The van der Waals surface area contributed by atoms with E-state index in [1.54, 1.807) is 6.07 Å². The molecule has 1 aromatic carbocycles. The van der Waals surface area contributed by atoms with Crippen molar-refractivity contribution in [1.29, 1.82) is 0 Å². The van der Waals surface area contributed by atoms with E-state index in [9.17, 15) is 5.11 Å². The van der Waals surface area contributed by atoms with Crippen LogP contribution in [0, 0.1) is 5.92 Å². The van der Waals surface area contributed by atoms with Gasteiger partial charge < -0.3 is 10.4 Å². The van der Waals surface area contributed by atoms with Crippen molar-refractivity contribution in [2.45, 2.75) is 26.7 Å². The summed E-state index contributed by atoms with van der Waals surface area (Å²) in [6.07, 6.45) is 2.21. The van der Waals surface area contributed by atoms with Crippen molar-refractivity contribution in [3.05, 3.63) is 29.8 Å². The molecule has 0 aromatic heterocycles. The van der Waals surface area contributed by atoms with Crippen LogP contribution in [-0.4, -0.2) is 18.2 Å². The van der Waals surface area contributed by atoms with Gasteiger partial charge in [0.2, 0.25) is 0 Å². The molecule has 0 aliphatic heterocycles. The summed E-state index contributed by atoms with van der Waals surface area (Å²) in [5.74, 6) is 1.03. The Kier molecular flexibility index (Phi) is 5.19. The number of benzene rings is 1. The number of phenols is 1. The SMILES string of the molecule is CCNCC(CC)Cc1cccc(O)c1. The van der Waals surface area contributed by atoms with Gasteiger partial charge in [0, 0.05) is 0 Å². The molecule has 1 atom stereocenters. The predicted octanol–water partition coefficient (Wildman–Crippen LogP) is 2.57. The number of aromatic hydroxyl groups is 1. The van der Waals surface area contributed by atoms with E-state index in [0.29, 0.717) is 11.7 Å². The first-order chi connectivity index (χ1) is 7.26. The Morgan fingerprint density at radius 3 is 2.73 bits per heavy atom. The Morgan fingerprint density at radius 2 is 2.13 bits per heavy atom. The van der Waals surface area contributed by atoms with E-state index in [1.165, 1.54) is 12.0 Å². The van der Waals surface area contributed by atoms with E-state index in [1.807, 2.05) is 12.1 Å². The van der Waals surface area contributed by atoms with Gasteiger partial charge in [0.25, 0.3) is 0 Å². The molecule has 15 heavy (non-hydrogen) atoms. The van der Waals surface area contributed by atoms with E-state index in [-0.39, 0.29) is 0 Å². The molecule has 0 amide bonds. The molecule has 1 rings (SSSR count). The Labute approximate surface area is 92.3 Å². The van der Waals surface area contributed by atoms with Gasteiger partial charge >= 0.3 is 0 Å². The van der Waals surface area contributed by atoms with Crippen LogP contribution in [0.25, 0.3) is 0 Å². The topological polar surface area (TPSA) is 32.3 Å². The highest BCUT2D eigenvalue weighted by molar-refractivity contribution is 5.27. The van der Waals surface area contributed by atoms with Gasteiger partial charge in [-0.2, -0.15) is 0 Å². The lowest BCUT2D eigenvalue weighted by molar-refractivity contribution is 0.459. The van der Waals surface area contributed by atoms with Crippen LogP contribution < -0.4 is 5.32 Å². The molecular formula is C13H21NO. The van der Waals surface area contributed by atoms with Gasteiger partial charge in [0.1, 0.15) is 5.75 Å². The lowest BCUT2D eigenvalue weighted by Gasteiger charge is -2.15. The van der Waals surface area contributed by atoms with Gasteiger partial charge in [-0.25, -0.2) is 0 Å². The second-order valence-electron chi connectivity index (χ2n) is 3.96.